The maximum atomic E-state index is 12.6. The molecule has 1 saturated heterocycles. The zero-order valence-electron chi connectivity index (χ0n) is 13.7. The Hall–Kier alpha value is -1.73. The predicted molar refractivity (Wildman–Crippen MR) is 82.9 cm³/mol. The van der Waals surface area contributed by atoms with Crippen LogP contribution in [0.1, 0.15) is 17.4 Å². The lowest BCUT2D eigenvalue weighted by Crippen LogP contribution is -2.36. The molecule has 2 heterocycles. The van der Waals surface area contributed by atoms with Crippen LogP contribution in [0.25, 0.3) is 0 Å². The van der Waals surface area contributed by atoms with Gasteiger partial charge in [0.05, 0.1) is 13.2 Å². The number of aromatic nitrogens is 2. The topological polar surface area (TPSA) is 67.7 Å². The minimum absolute atomic E-state index is 0.123. The van der Waals surface area contributed by atoms with Crippen molar-refractivity contribution in [1.82, 2.24) is 19.6 Å². The highest BCUT2D eigenvalue weighted by molar-refractivity contribution is 5.92. The Morgan fingerprint density at radius 2 is 2.14 bits per heavy atom. The molecule has 0 N–H and O–H groups in total. The van der Waals surface area contributed by atoms with E-state index in [0.29, 0.717) is 43.9 Å². The summed E-state index contributed by atoms with van der Waals surface area (Å²) in [5.41, 5.74) is 0.0804. The fraction of sp³-hybridized carbons (Fsp3) is 0.667. The van der Waals surface area contributed by atoms with Crippen molar-refractivity contribution in [1.29, 1.82) is 0 Å². The van der Waals surface area contributed by atoms with Crippen LogP contribution in [-0.4, -0.2) is 72.4 Å². The van der Waals surface area contributed by atoms with Gasteiger partial charge in [-0.1, -0.05) is 6.92 Å². The maximum absolute atomic E-state index is 12.6. The minimum atomic E-state index is -0.227. The Kier molecular flexibility index (Phi) is 5.31. The van der Waals surface area contributed by atoms with E-state index in [4.69, 9.17) is 4.74 Å². The molecule has 7 heteroatoms. The SMILES string of the molecule is COCCn1nc(C(=O)N2C[C@@H](C)[C@@H](N(C)C)C2)ccc1=O. The van der Waals surface area contributed by atoms with Crippen LogP contribution in [-0.2, 0) is 11.3 Å². The van der Waals surface area contributed by atoms with Crippen molar-refractivity contribution in [3.63, 3.8) is 0 Å². The molecule has 1 amide bonds. The van der Waals surface area contributed by atoms with Gasteiger partial charge in [0.1, 0.15) is 5.69 Å². The number of hydrogen-bond donors (Lipinski definition) is 0. The Morgan fingerprint density at radius 3 is 2.73 bits per heavy atom. The molecule has 1 aliphatic heterocycles. The van der Waals surface area contributed by atoms with Crippen LogP contribution in [0, 0.1) is 5.92 Å². The molecule has 1 aromatic rings. The first-order valence-electron chi connectivity index (χ1n) is 7.47. The second kappa shape index (κ2) is 7.02. The summed E-state index contributed by atoms with van der Waals surface area (Å²) in [4.78, 5) is 28.3. The first-order chi connectivity index (χ1) is 10.4. The maximum Gasteiger partial charge on any atom is 0.274 e. The number of likely N-dealkylation sites (tertiary alicyclic amines) is 1. The summed E-state index contributed by atoms with van der Waals surface area (Å²) in [6.07, 6.45) is 0. The van der Waals surface area contributed by atoms with Crippen molar-refractivity contribution in [2.45, 2.75) is 19.5 Å². The number of methoxy groups -OCH3 is 1. The molecule has 2 atom stereocenters. The summed E-state index contributed by atoms with van der Waals surface area (Å²) in [6, 6.07) is 3.24. The predicted octanol–water partition coefficient (Wildman–Crippen LogP) is -0.0882. The van der Waals surface area contributed by atoms with Gasteiger partial charge in [-0.25, -0.2) is 4.68 Å². The van der Waals surface area contributed by atoms with Gasteiger partial charge in [0.25, 0.3) is 11.5 Å². The number of amides is 1. The van der Waals surface area contributed by atoms with Gasteiger partial charge in [0, 0.05) is 32.3 Å². The third kappa shape index (κ3) is 3.53. The number of carbonyl (C=O) groups excluding carboxylic acids is 1. The molecule has 0 spiro atoms. The molecule has 0 aliphatic carbocycles. The van der Waals surface area contributed by atoms with Crippen molar-refractivity contribution in [2.75, 3.05) is 40.9 Å². The van der Waals surface area contributed by atoms with Crippen LogP contribution in [0.2, 0.25) is 0 Å². The van der Waals surface area contributed by atoms with E-state index < -0.39 is 0 Å². The van der Waals surface area contributed by atoms with E-state index in [1.54, 1.807) is 7.11 Å². The van der Waals surface area contributed by atoms with Crippen molar-refractivity contribution in [3.8, 4) is 0 Å². The van der Waals surface area contributed by atoms with Crippen molar-refractivity contribution in [3.05, 3.63) is 28.2 Å². The van der Waals surface area contributed by atoms with Crippen LogP contribution in [0.15, 0.2) is 16.9 Å². The second-order valence-corrected chi connectivity index (χ2v) is 5.99. The van der Waals surface area contributed by atoms with Crippen LogP contribution in [0.4, 0.5) is 0 Å². The van der Waals surface area contributed by atoms with Crippen LogP contribution in [0.5, 0.6) is 0 Å². The first kappa shape index (κ1) is 16.6. The fourth-order valence-corrected chi connectivity index (χ4v) is 2.85. The van der Waals surface area contributed by atoms with E-state index in [0.717, 1.165) is 0 Å². The zero-order chi connectivity index (χ0) is 16.3. The van der Waals surface area contributed by atoms with Crippen LogP contribution in [0.3, 0.4) is 0 Å². The van der Waals surface area contributed by atoms with Gasteiger partial charge in [-0.05, 0) is 26.1 Å². The molecular weight excluding hydrogens is 284 g/mol. The molecule has 0 bridgehead atoms. The number of rotatable bonds is 5. The summed E-state index contributed by atoms with van der Waals surface area (Å²) < 4.78 is 6.23. The highest BCUT2D eigenvalue weighted by Crippen LogP contribution is 2.21. The third-order valence-electron chi connectivity index (χ3n) is 4.12. The lowest BCUT2D eigenvalue weighted by molar-refractivity contribution is 0.0771. The molecule has 22 heavy (non-hydrogen) atoms. The molecule has 1 fully saturated rings. The molecule has 1 aromatic heterocycles. The van der Waals surface area contributed by atoms with Crippen molar-refractivity contribution in [2.24, 2.45) is 5.92 Å². The van der Waals surface area contributed by atoms with Crippen LogP contribution < -0.4 is 5.56 Å². The molecule has 2 rings (SSSR count). The lowest BCUT2D eigenvalue weighted by atomic mass is 10.1. The summed E-state index contributed by atoms with van der Waals surface area (Å²) in [6.45, 7) is 4.26. The Bertz CT molecular complexity index is 584. The van der Waals surface area contributed by atoms with Crippen LogP contribution >= 0.6 is 0 Å². The minimum Gasteiger partial charge on any atom is -0.383 e. The van der Waals surface area contributed by atoms with E-state index in [-0.39, 0.29) is 11.5 Å². The Labute approximate surface area is 130 Å². The van der Waals surface area contributed by atoms with Gasteiger partial charge in [-0.3, -0.25) is 9.59 Å². The van der Waals surface area contributed by atoms with E-state index >= 15 is 0 Å². The summed E-state index contributed by atoms with van der Waals surface area (Å²) in [5.74, 6) is 0.292. The standard InChI is InChI=1S/C15H24N4O3/c1-11-9-18(10-13(11)17(2)3)15(21)12-5-6-14(20)19(16-12)7-8-22-4/h5-6,11,13H,7-10H2,1-4H3/t11-,13+/m1/s1. The molecule has 0 radical (unpaired) electrons. The highest BCUT2D eigenvalue weighted by atomic mass is 16.5. The fourth-order valence-electron chi connectivity index (χ4n) is 2.85. The smallest absolute Gasteiger partial charge is 0.274 e. The average Bonchev–Trinajstić information content (AvgIpc) is 2.88. The van der Waals surface area contributed by atoms with E-state index in [9.17, 15) is 9.59 Å². The van der Waals surface area contributed by atoms with E-state index in [1.807, 2.05) is 19.0 Å². The molecule has 1 aliphatic rings. The quantitative estimate of drug-likeness (QED) is 0.760. The van der Waals surface area contributed by atoms with Gasteiger partial charge in [-0.15, -0.1) is 0 Å². The van der Waals surface area contributed by atoms with E-state index in [2.05, 4.69) is 16.9 Å². The number of hydrogen-bond acceptors (Lipinski definition) is 5. The Morgan fingerprint density at radius 1 is 1.41 bits per heavy atom. The zero-order valence-corrected chi connectivity index (χ0v) is 13.7. The molecule has 0 unspecified atom stereocenters. The summed E-state index contributed by atoms with van der Waals surface area (Å²) in [7, 11) is 5.61. The molecule has 0 saturated carbocycles. The Balaban J connectivity index is 2.15. The van der Waals surface area contributed by atoms with Crippen molar-refractivity contribution >= 4 is 5.91 Å². The normalized spacial score (nSPS) is 21.6. The second-order valence-electron chi connectivity index (χ2n) is 5.99. The van der Waals surface area contributed by atoms with E-state index in [1.165, 1.54) is 16.8 Å². The summed E-state index contributed by atoms with van der Waals surface area (Å²) >= 11 is 0. The summed E-state index contributed by atoms with van der Waals surface area (Å²) in [5, 5.41) is 4.17. The van der Waals surface area contributed by atoms with Gasteiger partial charge in [0.15, 0.2) is 0 Å². The van der Waals surface area contributed by atoms with Gasteiger partial charge < -0.3 is 14.5 Å². The number of likely N-dealkylation sites (N-methyl/N-ethyl adjacent to an activating group) is 1. The number of nitrogens with zero attached hydrogens (tertiary/aromatic N) is 4. The molecular formula is C15H24N4O3. The molecule has 0 aromatic carbocycles. The first-order valence-corrected chi connectivity index (χ1v) is 7.47. The lowest BCUT2D eigenvalue weighted by Gasteiger charge is -2.22. The van der Waals surface area contributed by atoms with Gasteiger partial charge in [0.2, 0.25) is 0 Å². The van der Waals surface area contributed by atoms with Gasteiger partial charge in [-0.2, -0.15) is 5.10 Å². The number of ether oxygens (including phenoxy) is 1. The molecule has 122 valence electrons. The number of carbonyl (C=O) groups is 1. The van der Waals surface area contributed by atoms with Gasteiger partial charge >= 0.3 is 0 Å². The molecule has 7 nitrogen and oxygen atoms in total. The highest BCUT2D eigenvalue weighted by Gasteiger charge is 2.34. The third-order valence-corrected chi connectivity index (χ3v) is 4.12. The average molecular weight is 308 g/mol. The van der Waals surface area contributed by atoms with Crippen molar-refractivity contribution < 1.29 is 9.53 Å². The monoisotopic (exact) mass is 308 g/mol. The largest absolute Gasteiger partial charge is 0.383 e.